The molecule has 0 saturated carbocycles. The van der Waals surface area contributed by atoms with E-state index in [0.717, 1.165) is 36.0 Å². The second kappa shape index (κ2) is 6.12. The van der Waals surface area contributed by atoms with Gasteiger partial charge in [-0.05, 0) is 19.8 Å². The van der Waals surface area contributed by atoms with E-state index in [0.29, 0.717) is 19.5 Å². The van der Waals surface area contributed by atoms with Crippen molar-refractivity contribution in [2.45, 2.75) is 45.6 Å². The van der Waals surface area contributed by atoms with E-state index in [1.54, 1.807) is 0 Å². The summed E-state index contributed by atoms with van der Waals surface area (Å²) in [7, 11) is -3.17. The molecular formula is C15H24N4O2S. The first-order valence-corrected chi connectivity index (χ1v) is 9.86. The van der Waals surface area contributed by atoms with Crippen LogP contribution in [0.25, 0.3) is 0 Å². The predicted molar refractivity (Wildman–Crippen MR) is 86.4 cm³/mol. The second-order valence-corrected chi connectivity index (χ2v) is 8.25. The van der Waals surface area contributed by atoms with Gasteiger partial charge in [-0.2, -0.15) is 4.31 Å². The Morgan fingerprint density at radius 1 is 1.00 bits per heavy atom. The van der Waals surface area contributed by atoms with Gasteiger partial charge in [-0.15, -0.1) is 0 Å². The van der Waals surface area contributed by atoms with E-state index in [2.05, 4.69) is 14.9 Å². The first-order chi connectivity index (χ1) is 10.4. The lowest BCUT2D eigenvalue weighted by molar-refractivity contribution is 0.389. The van der Waals surface area contributed by atoms with Crippen LogP contribution >= 0.6 is 0 Å². The molecule has 3 heterocycles. The molecule has 2 aliphatic heterocycles. The average Bonchev–Trinajstić information content (AvgIpc) is 2.73. The summed E-state index contributed by atoms with van der Waals surface area (Å²) in [5.74, 6) is 1.74. The minimum Gasteiger partial charge on any atom is -0.356 e. The normalized spacial score (nSPS) is 20.5. The summed E-state index contributed by atoms with van der Waals surface area (Å²) in [5.41, 5.74) is 2.02. The molecule has 0 atom stereocenters. The van der Waals surface area contributed by atoms with Gasteiger partial charge >= 0.3 is 0 Å². The molecule has 0 unspecified atom stereocenters. The van der Waals surface area contributed by atoms with E-state index in [9.17, 15) is 8.42 Å². The van der Waals surface area contributed by atoms with Crippen LogP contribution in [-0.2, 0) is 23.0 Å². The molecular weight excluding hydrogens is 300 g/mol. The summed E-state index contributed by atoms with van der Waals surface area (Å²) in [5, 5.41) is 0. The van der Waals surface area contributed by atoms with Gasteiger partial charge in [0.1, 0.15) is 11.6 Å². The van der Waals surface area contributed by atoms with Crippen molar-refractivity contribution in [3.05, 3.63) is 17.1 Å². The highest BCUT2D eigenvalue weighted by molar-refractivity contribution is 7.88. The van der Waals surface area contributed by atoms with Crippen LogP contribution in [0, 0.1) is 6.92 Å². The van der Waals surface area contributed by atoms with Crippen molar-refractivity contribution >= 4 is 15.8 Å². The maximum absolute atomic E-state index is 11.9. The molecule has 6 nitrogen and oxygen atoms in total. The average molecular weight is 324 g/mol. The van der Waals surface area contributed by atoms with Crippen molar-refractivity contribution in [3.63, 3.8) is 0 Å². The third-order valence-electron chi connectivity index (χ3n) is 4.49. The number of hydrogen-bond acceptors (Lipinski definition) is 5. The summed E-state index contributed by atoms with van der Waals surface area (Å²) in [6.45, 7) is 4.84. The molecule has 1 aromatic rings. The molecule has 7 heteroatoms. The third-order valence-corrected chi connectivity index (χ3v) is 5.74. The van der Waals surface area contributed by atoms with Gasteiger partial charge in [-0.3, -0.25) is 0 Å². The number of hydrogen-bond donors (Lipinski definition) is 0. The Labute approximate surface area is 132 Å². The largest absolute Gasteiger partial charge is 0.356 e. The quantitative estimate of drug-likeness (QED) is 0.824. The molecule has 1 aromatic heterocycles. The molecule has 1 saturated heterocycles. The van der Waals surface area contributed by atoms with Crippen molar-refractivity contribution in [2.75, 3.05) is 30.8 Å². The van der Waals surface area contributed by atoms with Crippen molar-refractivity contribution in [2.24, 2.45) is 0 Å². The highest BCUT2D eigenvalue weighted by Crippen LogP contribution is 2.29. The van der Waals surface area contributed by atoms with E-state index in [1.165, 1.54) is 36.2 Å². The summed E-state index contributed by atoms with van der Waals surface area (Å²) in [4.78, 5) is 11.5. The van der Waals surface area contributed by atoms with Gasteiger partial charge in [0.15, 0.2) is 0 Å². The molecule has 122 valence electrons. The van der Waals surface area contributed by atoms with Gasteiger partial charge in [0.25, 0.3) is 0 Å². The number of aromatic nitrogens is 2. The van der Waals surface area contributed by atoms with Crippen LogP contribution in [-0.4, -0.2) is 48.6 Å². The Balaban J connectivity index is 1.98. The van der Waals surface area contributed by atoms with Crippen molar-refractivity contribution < 1.29 is 8.42 Å². The summed E-state index contributed by atoms with van der Waals surface area (Å²) < 4.78 is 25.3. The summed E-state index contributed by atoms with van der Waals surface area (Å²) in [6.07, 6.45) is 6.82. The Kier molecular flexibility index (Phi) is 4.36. The number of sulfonamides is 1. The van der Waals surface area contributed by atoms with E-state index in [-0.39, 0.29) is 0 Å². The number of anilines is 1. The first kappa shape index (κ1) is 15.7. The highest BCUT2D eigenvalue weighted by Gasteiger charge is 2.28. The molecule has 0 amide bonds. The van der Waals surface area contributed by atoms with Gasteiger partial charge in [0.05, 0.1) is 11.9 Å². The molecule has 0 aliphatic carbocycles. The van der Waals surface area contributed by atoms with Gasteiger partial charge in [0, 0.05) is 38.2 Å². The maximum Gasteiger partial charge on any atom is 0.211 e. The van der Waals surface area contributed by atoms with Crippen LogP contribution in [0.5, 0.6) is 0 Å². The number of fused-ring (bicyclic) bond motifs is 1. The fourth-order valence-corrected chi connectivity index (χ4v) is 4.11. The van der Waals surface area contributed by atoms with E-state index in [1.807, 2.05) is 6.92 Å². The SMILES string of the molecule is Cc1nc2c(c(N3CCCCCC3)n1)CN(S(C)(=O)=O)CC2. The van der Waals surface area contributed by atoms with Crippen LogP contribution in [0.3, 0.4) is 0 Å². The number of nitrogens with zero attached hydrogens (tertiary/aromatic N) is 4. The Bertz CT molecular complexity index is 652. The fraction of sp³-hybridized carbons (Fsp3) is 0.733. The predicted octanol–water partition coefficient (Wildman–Crippen LogP) is 1.48. The van der Waals surface area contributed by atoms with E-state index < -0.39 is 10.0 Å². The number of aryl methyl sites for hydroxylation is 1. The van der Waals surface area contributed by atoms with Gasteiger partial charge in [-0.1, -0.05) is 12.8 Å². The smallest absolute Gasteiger partial charge is 0.211 e. The standard InChI is InChI=1S/C15H24N4O2S/c1-12-16-14-7-10-19(22(2,20)21)11-13(14)15(17-12)18-8-5-3-4-6-9-18/h3-11H2,1-2H3. The monoisotopic (exact) mass is 324 g/mol. The summed E-state index contributed by atoms with van der Waals surface area (Å²) in [6, 6.07) is 0. The molecule has 1 fully saturated rings. The minimum absolute atomic E-state index is 0.403. The Morgan fingerprint density at radius 2 is 1.68 bits per heavy atom. The molecule has 0 bridgehead atoms. The van der Waals surface area contributed by atoms with Crippen molar-refractivity contribution in [1.29, 1.82) is 0 Å². The fourth-order valence-electron chi connectivity index (χ4n) is 3.32. The first-order valence-electron chi connectivity index (χ1n) is 8.01. The van der Waals surface area contributed by atoms with E-state index >= 15 is 0 Å². The zero-order valence-electron chi connectivity index (χ0n) is 13.4. The van der Waals surface area contributed by atoms with Crippen LogP contribution in [0.2, 0.25) is 0 Å². The molecule has 0 aromatic carbocycles. The lowest BCUT2D eigenvalue weighted by Crippen LogP contribution is -2.38. The zero-order valence-corrected chi connectivity index (χ0v) is 14.2. The van der Waals surface area contributed by atoms with Gasteiger partial charge in [-0.25, -0.2) is 18.4 Å². The highest BCUT2D eigenvalue weighted by atomic mass is 32.2. The topological polar surface area (TPSA) is 66.4 Å². The molecule has 22 heavy (non-hydrogen) atoms. The minimum atomic E-state index is -3.17. The second-order valence-electron chi connectivity index (χ2n) is 6.27. The van der Waals surface area contributed by atoms with Crippen LogP contribution in [0.15, 0.2) is 0 Å². The molecule has 0 radical (unpaired) electrons. The Hall–Kier alpha value is -1.21. The van der Waals surface area contributed by atoms with Gasteiger partial charge < -0.3 is 4.90 Å². The zero-order chi connectivity index (χ0) is 15.7. The Morgan fingerprint density at radius 3 is 2.32 bits per heavy atom. The van der Waals surface area contributed by atoms with Gasteiger partial charge in [0.2, 0.25) is 10.0 Å². The molecule has 3 rings (SSSR count). The molecule has 0 spiro atoms. The van der Waals surface area contributed by atoms with Crippen molar-refractivity contribution in [1.82, 2.24) is 14.3 Å². The third kappa shape index (κ3) is 3.25. The van der Waals surface area contributed by atoms with Crippen LogP contribution < -0.4 is 4.90 Å². The lowest BCUT2D eigenvalue weighted by atomic mass is 10.1. The van der Waals surface area contributed by atoms with Crippen molar-refractivity contribution in [3.8, 4) is 0 Å². The van der Waals surface area contributed by atoms with Crippen LogP contribution in [0.1, 0.15) is 42.8 Å². The van der Waals surface area contributed by atoms with E-state index in [4.69, 9.17) is 0 Å². The number of rotatable bonds is 2. The lowest BCUT2D eigenvalue weighted by Gasteiger charge is -2.31. The van der Waals surface area contributed by atoms with Crippen LogP contribution in [0.4, 0.5) is 5.82 Å². The summed E-state index contributed by atoms with van der Waals surface area (Å²) >= 11 is 0. The maximum atomic E-state index is 11.9. The molecule has 0 N–H and O–H groups in total. The molecule has 2 aliphatic rings.